The molecule has 9 heteroatoms. The topological polar surface area (TPSA) is 110 Å². The molecule has 150 valence electrons. The van der Waals surface area contributed by atoms with Crippen LogP contribution >= 0.6 is 0 Å². The number of nitrogens with one attached hydrogen (secondary N) is 1. The van der Waals surface area contributed by atoms with Crippen LogP contribution in [0.3, 0.4) is 0 Å². The number of carbonyl (C=O) groups is 1. The number of sulfonamides is 1. The van der Waals surface area contributed by atoms with Crippen molar-refractivity contribution in [3.8, 4) is 0 Å². The van der Waals surface area contributed by atoms with Gasteiger partial charge in [-0.05, 0) is 24.5 Å². The molecule has 28 heavy (non-hydrogen) atoms. The molecule has 0 bridgehead atoms. The number of amides is 1. The van der Waals surface area contributed by atoms with E-state index < -0.39 is 27.4 Å². The number of nitro benzene ring substituents is 1. The first-order valence-corrected chi connectivity index (χ1v) is 10.6. The number of hydrogen-bond donors (Lipinski definition) is 1. The minimum Gasteiger partial charge on any atom is -0.348 e. The molecule has 2 aromatic carbocycles. The first-order chi connectivity index (χ1) is 13.1. The Morgan fingerprint density at radius 2 is 1.86 bits per heavy atom. The Bertz CT molecular complexity index is 961. The maximum Gasteiger partial charge on any atom is 0.271 e. The Morgan fingerprint density at radius 1 is 1.21 bits per heavy atom. The van der Waals surface area contributed by atoms with Gasteiger partial charge in [0.05, 0.1) is 22.9 Å². The molecule has 0 unspecified atom stereocenters. The third-order valence-electron chi connectivity index (χ3n) is 4.31. The summed E-state index contributed by atoms with van der Waals surface area (Å²) in [4.78, 5) is 23.0. The Balaban J connectivity index is 2.29. The van der Waals surface area contributed by atoms with Crippen molar-refractivity contribution < 1.29 is 18.1 Å². The Kier molecular flexibility index (Phi) is 6.74. The zero-order chi connectivity index (χ0) is 20.9. The van der Waals surface area contributed by atoms with Crippen molar-refractivity contribution >= 4 is 27.3 Å². The Labute approximate surface area is 164 Å². The van der Waals surface area contributed by atoms with E-state index in [-0.39, 0.29) is 17.4 Å². The van der Waals surface area contributed by atoms with Crippen molar-refractivity contribution in [1.29, 1.82) is 0 Å². The van der Waals surface area contributed by atoms with E-state index >= 15 is 0 Å². The Morgan fingerprint density at radius 3 is 2.39 bits per heavy atom. The summed E-state index contributed by atoms with van der Waals surface area (Å²) < 4.78 is 25.5. The van der Waals surface area contributed by atoms with E-state index in [9.17, 15) is 23.3 Å². The lowest BCUT2D eigenvalue weighted by Gasteiger charge is -2.25. The Hall–Kier alpha value is -2.94. The van der Waals surface area contributed by atoms with Gasteiger partial charge in [-0.25, -0.2) is 8.42 Å². The second-order valence-electron chi connectivity index (χ2n) is 6.44. The van der Waals surface area contributed by atoms with Crippen molar-refractivity contribution in [2.24, 2.45) is 0 Å². The highest BCUT2D eigenvalue weighted by molar-refractivity contribution is 7.92. The highest BCUT2D eigenvalue weighted by Crippen LogP contribution is 2.27. The number of anilines is 1. The second-order valence-corrected chi connectivity index (χ2v) is 8.34. The molecule has 0 aliphatic heterocycles. The minimum absolute atomic E-state index is 0.111. The molecule has 0 spiro atoms. The largest absolute Gasteiger partial charge is 0.348 e. The van der Waals surface area contributed by atoms with Gasteiger partial charge in [-0.1, -0.05) is 43.3 Å². The lowest BCUT2D eigenvalue weighted by atomic mass is 10.0. The molecular formula is C19H23N3O5S. The predicted octanol–water partition coefficient (Wildman–Crippen LogP) is 2.94. The van der Waals surface area contributed by atoms with Crippen LogP contribution in [0.25, 0.3) is 0 Å². The van der Waals surface area contributed by atoms with Crippen LogP contribution in [-0.4, -0.2) is 32.0 Å². The van der Waals surface area contributed by atoms with E-state index in [2.05, 4.69) is 5.32 Å². The van der Waals surface area contributed by atoms with Crippen molar-refractivity contribution in [2.45, 2.75) is 26.3 Å². The number of hydrogen-bond acceptors (Lipinski definition) is 5. The lowest BCUT2D eigenvalue weighted by Crippen LogP contribution is -2.41. The van der Waals surface area contributed by atoms with Crippen LogP contribution in [0.4, 0.5) is 11.4 Å². The summed E-state index contributed by atoms with van der Waals surface area (Å²) in [7, 11) is -3.84. The predicted molar refractivity (Wildman–Crippen MR) is 108 cm³/mol. The molecule has 0 aliphatic carbocycles. The molecular weight excluding hydrogens is 382 g/mol. The van der Waals surface area contributed by atoms with Crippen molar-refractivity contribution in [1.82, 2.24) is 5.32 Å². The molecule has 0 heterocycles. The number of aryl methyl sites for hydroxylation is 1. The quantitative estimate of drug-likeness (QED) is 0.536. The molecule has 0 saturated carbocycles. The fourth-order valence-electron chi connectivity index (χ4n) is 2.84. The van der Waals surface area contributed by atoms with Crippen LogP contribution in [0.5, 0.6) is 0 Å². The van der Waals surface area contributed by atoms with Gasteiger partial charge in [0.1, 0.15) is 6.54 Å². The number of carbonyl (C=O) groups excluding carboxylic acids is 1. The monoisotopic (exact) mass is 405 g/mol. The zero-order valence-electron chi connectivity index (χ0n) is 16.0. The number of nitro groups is 1. The second kappa shape index (κ2) is 8.83. The fourth-order valence-corrected chi connectivity index (χ4v) is 3.74. The summed E-state index contributed by atoms with van der Waals surface area (Å²) in [5.74, 6) is -0.493. The number of benzene rings is 2. The highest BCUT2D eigenvalue weighted by atomic mass is 32.2. The van der Waals surface area contributed by atoms with Crippen molar-refractivity contribution in [3.05, 3.63) is 69.8 Å². The molecule has 0 radical (unpaired) electrons. The molecule has 2 aromatic rings. The molecule has 1 atom stereocenters. The van der Waals surface area contributed by atoms with Crippen molar-refractivity contribution in [2.75, 3.05) is 17.1 Å². The number of nitrogens with zero attached hydrogens (tertiary/aromatic N) is 2. The number of non-ortho nitro benzene ring substituents is 1. The number of rotatable bonds is 8. The van der Waals surface area contributed by atoms with E-state index in [0.29, 0.717) is 12.0 Å². The van der Waals surface area contributed by atoms with Crippen LogP contribution < -0.4 is 9.62 Å². The lowest BCUT2D eigenvalue weighted by molar-refractivity contribution is -0.384. The summed E-state index contributed by atoms with van der Waals surface area (Å²) in [6.07, 6.45) is 1.59. The standard InChI is InChI=1S/C19H23N3O5S/c1-4-17(15-8-6-5-7-9-15)20-19(23)13-21(28(3,26)27)18-12-16(22(24)25)11-10-14(18)2/h5-12,17H,4,13H2,1-3H3,(H,20,23)/t17-/m1/s1. The zero-order valence-corrected chi connectivity index (χ0v) is 16.8. The maximum absolute atomic E-state index is 12.6. The average Bonchev–Trinajstić information content (AvgIpc) is 2.64. The van der Waals surface area contributed by atoms with E-state index in [4.69, 9.17) is 0 Å². The normalized spacial score (nSPS) is 12.2. The van der Waals surface area contributed by atoms with Gasteiger partial charge in [-0.15, -0.1) is 0 Å². The van der Waals surface area contributed by atoms with Crippen LogP contribution in [0, 0.1) is 17.0 Å². The molecule has 0 aliphatic rings. The van der Waals surface area contributed by atoms with Gasteiger partial charge in [0.2, 0.25) is 15.9 Å². The smallest absolute Gasteiger partial charge is 0.271 e. The molecule has 2 rings (SSSR count). The molecule has 0 fully saturated rings. The van der Waals surface area contributed by atoms with Gasteiger partial charge in [-0.2, -0.15) is 0 Å². The van der Waals surface area contributed by atoms with Gasteiger partial charge in [-0.3, -0.25) is 19.2 Å². The molecule has 1 N–H and O–H groups in total. The van der Waals surface area contributed by atoms with Crippen LogP contribution in [0.2, 0.25) is 0 Å². The average molecular weight is 405 g/mol. The van der Waals surface area contributed by atoms with Gasteiger partial charge >= 0.3 is 0 Å². The van der Waals surface area contributed by atoms with E-state index in [1.807, 2.05) is 37.3 Å². The molecule has 0 saturated heterocycles. The molecule has 1 amide bonds. The summed E-state index contributed by atoms with van der Waals surface area (Å²) in [6.45, 7) is 3.08. The van der Waals surface area contributed by atoms with Gasteiger partial charge in [0.15, 0.2) is 0 Å². The van der Waals surface area contributed by atoms with Crippen LogP contribution in [0.1, 0.15) is 30.5 Å². The van der Waals surface area contributed by atoms with E-state index in [0.717, 1.165) is 22.2 Å². The van der Waals surface area contributed by atoms with Gasteiger partial charge in [0, 0.05) is 12.1 Å². The van der Waals surface area contributed by atoms with E-state index in [1.54, 1.807) is 6.92 Å². The highest BCUT2D eigenvalue weighted by Gasteiger charge is 2.25. The maximum atomic E-state index is 12.6. The SMILES string of the molecule is CC[C@@H](NC(=O)CN(c1cc([N+](=O)[O-])ccc1C)S(C)(=O)=O)c1ccccc1. The third kappa shape index (κ3) is 5.29. The van der Waals surface area contributed by atoms with E-state index in [1.165, 1.54) is 12.1 Å². The van der Waals surface area contributed by atoms with Crippen molar-refractivity contribution in [3.63, 3.8) is 0 Å². The van der Waals surface area contributed by atoms with Gasteiger partial charge < -0.3 is 5.32 Å². The summed E-state index contributed by atoms with van der Waals surface area (Å²) >= 11 is 0. The summed E-state index contributed by atoms with van der Waals surface area (Å²) in [5.41, 5.74) is 1.29. The molecule has 8 nitrogen and oxygen atoms in total. The minimum atomic E-state index is -3.84. The third-order valence-corrected chi connectivity index (χ3v) is 5.43. The molecule has 0 aromatic heterocycles. The van der Waals surface area contributed by atoms with Gasteiger partial charge in [0.25, 0.3) is 5.69 Å². The van der Waals surface area contributed by atoms with Crippen LogP contribution in [0.15, 0.2) is 48.5 Å². The van der Waals surface area contributed by atoms with Crippen LogP contribution in [-0.2, 0) is 14.8 Å². The fraction of sp³-hybridized carbons (Fsp3) is 0.316. The first-order valence-electron chi connectivity index (χ1n) is 8.70. The summed E-state index contributed by atoms with van der Waals surface area (Å²) in [6, 6.07) is 13.0. The summed E-state index contributed by atoms with van der Waals surface area (Å²) in [5, 5.41) is 13.9. The first kappa shape index (κ1) is 21.4.